The first-order valence-electron chi connectivity index (χ1n) is 5.96. The van der Waals surface area contributed by atoms with Crippen LogP contribution in [0.4, 0.5) is 0 Å². The Bertz CT molecular complexity index is 199. The molecule has 0 aromatic carbocycles. The highest BCUT2D eigenvalue weighted by atomic mass is 16.4. The smallest absolute Gasteiger partial charge is 0.303 e. The molecule has 96 valence electrons. The van der Waals surface area contributed by atoms with Crippen molar-refractivity contribution in [1.82, 2.24) is 5.32 Å². The standard InChI is InChI=1S/C12H25NO3/c1-10(4-5-11(14)15)6-8-13-9-7-12(2,3)16/h10,13,16H,4-9H2,1-3H3,(H,14,15). The van der Waals surface area contributed by atoms with Crippen molar-refractivity contribution < 1.29 is 15.0 Å². The Hall–Kier alpha value is -0.610. The molecule has 16 heavy (non-hydrogen) atoms. The predicted octanol–water partition coefficient (Wildman–Crippen LogP) is 1.63. The van der Waals surface area contributed by atoms with Gasteiger partial charge in [-0.05, 0) is 52.1 Å². The molecule has 0 rings (SSSR count). The van der Waals surface area contributed by atoms with Crippen molar-refractivity contribution in [3.05, 3.63) is 0 Å². The summed E-state index contributed by atoms with van der Waals surface area (Å²) < 4.78 is 0. The normalized spacial score (nSPS) is 13.8. The van der Waals surface area contributed by atoms with Gasteiger partial charge < -0.3 is 15.5 Å². The quantitative estimate of drug-likeness (QED) is 0.527. The van der Waals surface area contributed by atoms with E-state index < -0.39 is 11.6 Å². The lowest BCUT2D eigenvalue weighted by Crippen LogP contribution is -2.27. The van der Waals surface area contributed by atoms with Gasteiger partial charge in [0.15, 0.2) is 0 Å². The summed E-state index contributed by atoms with van der Waals surface area (Å²) in [7, 11) is 0. The maximum Gasteiger partial charge on any atom is 0.303 e. The molecule has 0 aliphatic carbocycles. The van der Waals surface area contributed by atoms with E-state index in [1.807, 2.05) is 0 Å². The van der Waals surface area contributed by atoms with Gasteiger partial charge in [0.2, 0.25) is 0 Å². The second-order valence-corrected chi connectivity index (χ2v) is 5.14. The van der Waals surface area contributed by atoms with E-state index in [9.17, 15) is 9.90 Å². The van der Waals surface area contributed by atoms with Crippen LogP contribution in [0.2, 0.25) is 0 Å². The summed E-state index contributed by atoms with van der Waals surface area (Å²) >= 11 is 0. The third-order valence-corrected chi connectivity index (χ3v) is 2.58. The molecule has 0 saturated heterocycles. The minimum atomic E-state index is -0.721. The lowest BCUT2D eigenvalue weighted by molar-refractivity contribution is -0.137. The van der Waals surface area contributed by atoms with Gasteiger partial charge in [0.1, 0.15) is 0 Å². The summed E-state index contributed by atoms with van der Waals surface area (Å²) in [6.45, 7) is 7.35. The zero-order chi connectivity index (χ0) is 12.6. The number of hydrogen-bond donors (Lipinski definition) is 3. The fraction of sp³-hybridized carbons (Fsp3) is 0.917. The highest BCUT2D eigenvalue weighted by molar-refractivity contribution is 5.66. The van der Waals surface area contributed by atoms with E-state index in [4.69, 9.17) is 5.11 Å². The average Bonchev–Trinajstić information content (AvgIpc) is 2.12. The minimum absolute atomic E-state index is 0.255. The molecule has 1 unspecified atom stereocenters. The fourth-order valence-electron chi connectivity index (χ4n) is 1.38. The second-order valence-electron chi connectivity index (χ2n) is 5.14. The van der Waals surface area contributed by atoms with Crippen molar-refractivity contribution in [1.29, 1.82) is 0 Å². The molecule has 0 amide bonds. The summed E-state index contributed by atoms with van der Waals surface area (Å²) in [4.78, 5) is 10.3. The van der Waals surface area contributed by atoms with Crippen LogP contribution in [0.25, 0.3) is 0 Å². The van der Waals surface area contributed by atoms with Crippen molar-refractivity contribution in [2.45, 2.75) is 52.1 Å². The van der Waals surface area contributed by atoms with Gasteiger partial charge in [0, 0.05) is 6.42 Å². The molecule has 0 aromatic rings. The SMILES string of the molecule is CC(CCNCCC(C)(C)O)CCC(=O)O. The number of carboxylic acids is 1. The van der Waals surface area contributed by atoms with Gasteiger partial charge in [-0.3, -0.25) is 4.79 Å². The molecule has 4 nitrogen and oxygen atoms in total. The largest absolute Gasteiger partial charge is 0.481 e. The van der Waals surface area contributed by atoms with E-state index in [-0.39, 0.29) is 6.42 Å². The lowest BCUT2D eigenvalue weighted by Gasteiger charge is -2.17. The first-order valence-corrected chi connectivity index (χ1v) is 5.96. The average molecular weight is 231 g/mol. The highest BCUT2D eigenvalue weighted by Gasteiger charge is 2.11. The lowest BCUT2D eigenvalue weighted by atomic mass is 10.0. The van der Waals surface area contributed by atoms with E-state index in [2.05, 4.69) is 12.2 Å². The highest BCUT2D eigenvalue weighted by Crippen LogP contribution is 2.09. The van der Waals surface area contributed by atoms with Crippen molar-refractivity contribution >= 4 is 5.97 Å². The van der Waals surface area contributed by atoms with Crippen LogP contribution < -0.4 is 5.32 Å². The Labute approximate surface area is 98.1 Å². The van der Waals surface area contributed by atoms with Crippen molar-refractivity contribution in [3.63, 3.8) is 0 Å². The molecular formula is C12H25NO3. The number of rotatable bonds is 9. The van der Waals surface area contributed by atoms with Crippen molar-refractivity contribution in [2.24, 2.45) is 5.92 Å². The third kappa shape index (κ3) is 11.5. The Morgan fingerprint density at radius 1 is 1.31 bits per heavy atom. The Balaban J connectivity index is 3.34. The number of aliphatic hydroxyl groups is 1. The molecule has 0 bridgehead atoms. The van der Waals surface area contributed by atoms with E-state index in [0.29, 0.717) is 5.92 Å². The van der Waals surface area contributed by atoms with Gasteiger partial charge in [0.25, 0.3) is 0 Å². The van der Waals surface area contributed by atoms with Crippen LogP contribution in [-0.4, -0.2) is 34.9 Å². The van der Waals surface area contributed by atoms with E-state index in [0.717, 1.165) is 32.4 Å². The molecule has 4 heteroatoms. The van der Waals surface area contributed by atoms with Crippen LogP contribution >= 0.6 is 0 Å². The van der Waals surface area contributed by atoms with Crippen LogP contribution in [0.15, 0.2) is 0 Å². The Morgan fingerprint density at radius 2 is 1.94 bits per heavy atom. The molecule has 0 saturated carbocycles. The monoisotopic (exact) mass is 231 g/mol. The molecule has 0 aromatic heterocycles. The van der Waals surface area contributed by atoms with Gasteiger partial charge in [0.05, 0.1) is 5.60 Å². The van der Waals surface area contributed by atoms with Crippen LogP contribution in [0.1, 0.15) is 46.5 Å². The predicted molar refractivity (Wildman–Crippen MR) is 64.4 cm³/mol. The second kappa shape index (κ2) is 7.63. The van der Waals surface area contributed by atoms with Crippen molar-refractivity contribution in [2.75, 3.05) is 13.1 Å². The summed E-state index contributed by atoms with van der Waals surface area (Å²) in [5.74, 6) is -0.285. The maximum atomic E-state index is 10.3. The molecule has 1 atom stereocenters. The molecule has 0 spiro atoms. The number of aliphatic carboxylic acids is 1. The van der Waals surface area contributed by atoms with Gasteiger partial charge in [-0.15, -0.1) is 0 Å². The summed E-state index contributed by atoms with van der Waals surface area (Å²) in [6, 6.07) is 0. The fourth-order valence-corrected chi connectivity index (χ4v) is 1.38. The van der Waals surface area contributed by atoms with E-state index in [1.54, 1.807) is 13.8 Å². The molecule has 0 aliphatic rings. The number of carbonyl (C=O) groups is 1. The van der Waals surface area contributed by atoms with Crippen molar-refractivity contribution in [3.8, 4) is 0 Å². The van der Waals surface area contributed by atoms with Gasteiger partial charge in [-0.1, -0.05) is 6.92 Å². The van der Waals surface area contributed by atoms with Gasteiger partial charge in [-0.2, -0.15) is 0 Å². The summed E-state index contributed by atoms with van der Waals surface area (Å²) in [5, 5.41) is 21.2. The molecular weight excluding hydrogens is 206 g/mol. The third-order valence-electron chi connectivity index (χ3n) is 2.58. The van der Waals surface area contributed by atoms with Crippen LogP contribution in [0.3, 0.4) is 0 Å². The van der Waals surface area contributed by atoms with Crippen LogP contribution in [0.5, 0.6) is 0 Å². The van der Waals surface area contributed by atoms with E-state index in [1.165, 1.54) is 0 Å². The summed E-state index contributed by atoms with van der Waals surface area (Å²) in [5.41, 5.74) is -0.609. The zero-order valence-electron chi connectivity index (χ0n) is 10.6. The first kappa shape index (κ1) is 15.4. The molecule has 0 radical (unpaired) electrons. The molecule has 3 N–H and O–H groups in total. The number of carboxylic acid groups (broad SMARTS) is 1. The zero-order valence-corrected chi connectivity index (χ0v) is 10.6. The van der Waals surface area contributed by atoms with Gasteiger partial charge >= 0.3 is 5.97 Å². The summed E-state index contributed by atoms with van der Waals surface area (Å²) in [6.07, 6.45) is 2.71. The number of nitrogens with one attached hydrogen (secondary N) is 1. The number of hydrogen-bond acceptors (Lipinski definition) is 3. The maximum absolute atomic E-state index is 10.3. The molecule has 0 aliphatic heterocycles. The van der Waals surface area contributed by atoms with Crippen LogP contribution in [-0.2, 0) is 4.79 Å². The van der Waals surface area contributed by atoms with Crippen LogP contribution in [0, 0.1) is 5.92 Å². The first-order chi connectivity index (χ1) is 7.31. The Kier molecular flexibility index (Phi) is 7.34. The Morgan fingerprint density at radius 3 is 2.44 bits per heavy atom. The van der Waals surface area contributed by atoms with Gasteiger partial charge in [-0.25, -0.2) is 0 Å². The van der Waals surface area contributed by atoms with E-state index >= 15 is 0 Å². The topological polar surface area (TPSA) is 69.6 Å². The minimum Gasteiger partial charge on any atom is -0.481 e. The molecule has 0 fully saturated rings. The molecule has 0 heterocycles.